The predicted molar refractivity (Wildman–Crippen MR) is 238 cm³/mol. The highest BCUT2D eigenvalue weighted by atomic mass is 16.6. The van der Waals surface area contributed by atoms with Crippen LogP contribution in [0.4, 0.5) is 0 Å². The molecule has 0 N–H and O–H groups in total. The van der Waals surface area contributed by atoms with Crippen LogP contribution in [0.2, 0.25) is 0 Å². The van der Waals surface area contributed by atoms with E-state index in [2.05, 4.69) is 41.5 Å². The third-order valence-electron chi connectivity index (χ3n) is 11.1. The van der Waals surface area contributed by atoms with Crippen molar-refractivity contribution in [1.29, 1.82) is 0 Å². The van der Waals surface area contributed by atoms with Gasteiger partial charge in [0.1, 0.15) is 24.7 Å². The lowest BCUT2D eigenvalue weighted by Gasteiger charge is -2.24. The third kappa shape index (κ3) is 17.9. The van der Waals surface area contributed by atoms with E-state index in [0.29, 0.717) is 49.4 Å². The van der Waals surface area contributed by atoms with Crippen molar-refractivity contribution >= 4 is 33.5 Å². The van der Waals surface area contributed by atoms with Crippen molar-refractivity contribution < 1.29 is 38.0 Å². The van der Waals surface area contributed by atoms with Crippen molar-refractivity contribution in [2.75, 3.05) is 39.6 Å². The molecular formula is C50H78O8. The number of hydrogen-bond acceptors (Lipinski definition) is 8. The van der Waals surface area contributed by atoms with E-state index in [0.717, 1.165) is 111 Å². The van der Waals surface area contributed by atoms with Gasteiger partial charge in [-0.25, -0.2) is 0 Å². The van der Waals surface area contributed by atoms with E-state index >= 15 is 0 Å². The normalized spacial score (nSPS) is 13.6. The zero-order valence-corrected chi connectivity index (χ0v) is 37.2. The lowest BCUT2D eigenvalue weighted by Crippen LogP contribution is -2.31. The quantitative estimate of drug-likeness (QED) is 0.0335. The van der Waals surface area contributed by atoms with Gasteiger partial charge in [-0.3, -0.25) is 9.59 Å². The largest absolute Gasteiger partial charge is 0.488 e. The van der Waals surface area contributed by atoms with Crippen LogP contribution >= 0.6 is 0 Å². The van der Waals surface area contributed by atoms with Crippen LogP contribution in [-0.4, -0.2) is 63.8 Å². The molecule has 8 nitrogen and oxygen atoms in total. The smallest absolute Gasteiger partial charge is 0.306 e. The van der Waals surface area contributed by atoms with Gasteiger partial charge in [0.25, 0.3) is 0 Å². The Kier molecular flexibility index (Phi) is 25.2. The molecule has 0 aliphatic carbocycles. The van der Waals surface area contributed by atoms with E-state index in [1.807, 2.05) is 48.5 Å². The maximum Gasteiger partial charge on any atom is 0.306 e. The summed E-state index contributed by atoms with van der Waals surface area (Å²) in [4.78, 5) is 26.1. The SMILES string of the molecule is CCCCCCC(=O)OC(COCC(CC)CCCC)COc1c2ccccc2c(OCC(COCC(CC)CCCC)OC(=O)CCCCCC)c2ccccc12. The van der Waals surface area contributed by atoms with Gasteiger partial charge in [-0.05, 0) is 37.5 Å². The number of unbranched alkanes of at least 4 members (excludes halogenated alkanes) is 8. The zero-order chi connectivity index (χ0) is 41.8. The number of fused-ring (bicyclic) bond motifs is 2. The molecule has 0 saturated carbocycles. The van der Waals surface area contributed by atoms with Crippen LogP contribution in [0, 0.1) is 11.8 Å². The first-order valence-corrected chi connectivity index (χ1v) is 23.1. The van der Waals surface area contributed by atoms with Gasteiger partial charge >= 0.3 is 11.9 Å². The van der Waals surface area contributed by atoms with Crippen LogP contribution in [0.15, 0.2) is 48.5 Å². The minimum atomic E-state index is -0.553. The monoisotopic (exact) mass is 807 g/mol. The van der Waals surface area contributed by atoms with Crippen molar-refractivity contribution in [1.82, 2.24) is 0 Å². The summed E-state index contributed by atoms with van der Waals surface area (Å²) in [5.41, 5.74) is 0. The molecule has 0 fully saturated rings. The Morgan fingerprint density at radius 3 is 1.14 bits per heavy atom. The van der Waals surface area contributed by atoms with Crippen molar-refractivity contribution in [3.8, 4) is 11.5 Å². The van der Waals surface area contributed by atoms with Gasteiger partial charge in [-0.15, -0.1) is 0 Å². The van der Waals surface area contributed by atoms with Crippen LogP contribution in [0.5, 0.6) is 11.5 Å². The molecule has 0 aliphatic heterocycles. The highest BCUT2D eigenvalue weighted by Crippen LogP contribution is 2.43. The van der Waals surface area contributed by atoms with Crippen LogP contribution in [-0.2, 0) is 28.5 Å². The maximum atomic E-state index is 13.0. The van der Waals surface area contributed by atoms with Gasteiger partial charge in [-0.2, -0.15) is 0 Å². The molecule has 3 aromatic rings. The van der Waals surface area contributed by atoms with Gasteiger partial charge < -0.3 is 28.4 Å². The zero-order valence-electron chi connectivity index (χ0n) is 37.2. The van der Waals surface area contributed by atoms with Crippen LogP contribution in [0.3, 0.4) is 0 Å². The number of esters is 2. The molecule has 326 valence electrons. The lowest BCUT2D eigenvalue weighted by molar-refractivity contribution is -0.155. The number of ether oxygens (including phenoxy) is 6. The highest BCUT2D eigenvalue weighted by molar-refractivity contribution is 6.11. The van der Waals surface area contributed by atoms with Crippen molar-refractivity contribution in [3.63, 3.8) is 0 Å². The minimum absolute atomic E-state index is 0.158. The topological polar surface area (TPSA) is 89.5 Å². The summed E-state index contributed by atoms with van der Waals surface area (Å²) in [6, 6.07) is 16.1. The second-order valence-electron chi connectivity index (χ2n) is 16.1. The summed E-state index contributed by atoms with van der Waals surface area (Å²) in [5, 5.41) is 3.54. The van der Waals surface area contributed by atoms with Crippen molar-refractivity contribution in [2.24, 2.45) is 11.8 Å². The molecule has 0 amide bonds. The molecule has 4 atom stereocenters. The van der Waals surface area contributed by atoms with E-state index in [1.54, 1.807) is 0 Å². The fraction of sp³-hybridized carbons (Fsp3) is 0.680. The number of hydrogen-bond donors (Lipinski definition) is 0. The van der Waals surface area contributed by atoms with E-state index in [4.69, 9.17) is 28.4 Å². The van der Waals surface area contributed by atoms with Crippen LogP contribution in [0.25, 0.3) is 21.5 Å². The fourth-order valence-corrected chi connectivity index (χ4v) is 7.35. The molecule has 0 bridgehead atoms. The average Bonchev–Trinajstić information content (AvgIpc) is 3.24. The number of carbonyl (C=O) groups is 2. The molecule has 58 heavy (non-hydrogen) atoms. The third-order valence-corrected chi connectivity index (χ3v) is 11.1. The molecule has 3 rings (SSSR count). The first-order valence-electron chi connectivity index (χ1n) is 23.1. The average molecular weight is 807 g/mol. The Labute approximate surface area is 351 Å². The van der Waals surface area contributed by atoms with Gasteiger partial charge in [0.15, 0.2) is 12.2 Å². The molecular weight excluding hydrogens is 729 g/mol. The molecule has 0 spiro atoms. The van der Waals surface area contributed by atoms with Gasteiger partial charge in [0.05, 0.1) is 13.2 Å². The van der Waals surface area contributed by atoms with Crippen molar-refractivity contribution in [3.05, 3.63) is 48.5 Å². The van der Waals surface area contributed by atoms with Crippen molar-refractivity contribution in [2.45, 2.75) is 169 Å². The van der Waals surface area contributed by atoms with Gasteiger partial charge in [-0.1, -0.05) is 167 Å². The second kappa shape index (κ2) is 29.8. The maximum absolute atomic E-state index is 13.0. The Hall–Kier alpha value is -3.36. The molecule has 0 aliphatic rings. The predicted octanol–water partition coefficient (Wildman–Crippen LogP) is 13.0. The molecule has 4 unspecified atom stereocenters. The Balaban J connectivity index is 1.85. The Morgan fingerprint density at radius 2 is 0.810 bits per heavy atom. The summed E-state index contributed by atoms with van der Waals surface area (Å²) in [7, 11) is 0. The first-order chi connectivity index (χ1) is 28.4. The Bertz CT molecular complexity index is 1380. The minimum Gasteiger partial charge on any atom is -0.488 e. The fourth-order valence-electron chi connectivity index (χ4n) is 7.35. The van der Waals surface area contributed by atoms with Gasteiger partial charge in [0.2, 0.25) is 0 Å². The Morgan fingerprint density at radius 1 is 0.448 bits per heavy atom. The van der Waals surface area contributed by atoms with E-state index in [1.165, 1.54) is 12.8 Å². The second-order valence-corrected chi connectivity index (χ2v) is 16.1. The molecule has 0 saturated heterocycles. The van der Waals surface area contributed by atoms with Gasteiger partial charge in [0, 0.05) is 47.6 Å². The first kappa shape index (κ1) is 49.0. The summed E-state index contributed by atoms with van der Waals surface area (Å²) in [6.07, 6.45) is 16.8. The summed E-state index contributed by atoms with van der Waals surface area (Å²) >= 11 is 0. The highest BCUT2D eigenvalue weighted by Gasteiger charge is 2.23. The summed E-state index contributed by atoms with van der Waals surface area (Å²) < 4.78 is 37.9. The van der Waals surface area contributed by atoms with E-state index in [-0.39, 0.29) is 38.4 Å². The van der Waals surface area contributed by atoms with E-state index in [9.17, 15) is 9.59 Å². The lowest BCUT2D eigenvalue weighted by atomic mass is 10.0. The van der Waals surface area contributed by atoms with E-state index < -0.39 is 12.2 Å². The van der Waals surface area contributed by atoms with Crippen LogP contribution in [0.1, 0.15) is 157 Å². The van der Waals surface area contributed by atoms with Crippen LogP contribution < -0.4 is 9.47 Å². The standard InChI is InChI=1S/C50H78O8/c1-7-13-17-19-31-47(51)57-41(35-53-33-39(11-5)25-15-9-3)37-55-49-43-27-21-23-29-45(43)50(46-30-24-22-28-44(46)49)56-38-42(58-48(52)32-20-18-14-8-2)36-54-34-40(12-6)26-16-10-4/h21-24,27-30,39-42H,7-20,25-26,31-38H2,1-6H3. The molecule has 0 aromatic heterocycles. The summed E-state index contributed by atoms with van der Waals surface area (Å²) in [6.45, 7) is 15.3. The molecule has 0 heterocycles. The number of benzene rings is 3. The molecule has 0 radical (unpaired) electrons. The molecule has 3 aromatic carbocycles. The molecule has 8 heteroatoms. The summed E-state index contributed by atoms with van der Waals surface area (Å²) in [5.74, 6) is 1.94. The number of rotatable bonds is 34. The number of carbonyl (C=O) groups excluding carboxylic acids is 2.